The summed E-state index contributed by atoms with van der Waals surface area (Å²) in [5.41, 5.74) is 2.52. The van der Waals surface area contributed by atoms with Crippen LogP contribution >= 0.6 is 35.0 Å². The SMILES string of the molecule is COc1cc(/C=C2\SC(=Nc3ccc(Cl)cc3)NC2=O)ccc1OCc1ccc(Cl)cc1. The van der Waals surface area contributed by atoms with Crippen LogP contribution in [0.1, 0.15) is 11.1 Å². The summed E-state index contributed by atoms with van der Waals surface area (Å²) in [6.07, 6.45) is 1.79. The number of ether oxygens (including phenoxy) is 2. The Morgan fingerprint density at radius 1 is 0.969 bits per heavy atom. The number of carbonyl (C=O) groups excluding carboxylic acids is 1. The molecule has 1 aliphatic heterocycles. The summed E-state index contributed by atoms with van der Waals surface area (Å²) < 4.78 is 11.4. The van der Waals surface area contributed by atoms with Crippen LogP contribution in [-0.2, 0) is 11.4 Å². The van der Waals surface area contributed by atoms with Crippen molar-refractivity contribution in [3.8, 4) is 11.5 Å². The molecule has 0 radical (unpaired) electrons. The molecule has 0 atom stereocenters. The lowest BCUT2D eigenvalue weighted by molar-refractivity contribution is -0.115. The summed E-state index contributed by atoms with van der Waals surface area (Å²) in [5.74, 6) is 0.981. The molecule has 1 aliphatic rings. The number of halogens is 2. The third-order valence-electron chi connectivity index (χ3n) is 4.50. The van der Waals surface area contributed by atoms with Crippen molar-refractivity contribution < 1.29 is 14.3 Å². The van der Waals surface area contributed by atoms with Crippen LogP contribution in [0.2, 0.25) is 10.0 Å². The third-order valence-corrected chi connectivity index (χ3v) is 5.92. The smallest absolute Gasteiger partial charge is 0.264 e. The maximum Gasteiger partial charge on any atom is 0.264 e. The van der Waals surface area contributed by atoms with Gasteiger partial charge in [0.2, 0.25) is 0 Å². The van der Waals surface area contributed by atoms with Crippen LogP contribution in [0.4, 0.5) is 5.69 Å². The number of methoxy groups -OCH3 is 1. The number of rotatable bonds is 6. The van der Waals surface area contributed by atoms with Crippen molar-refractivity contribution in [1.82, 2.24) is 5.32 Å². The van der Waals surface area contributed by atoms with Gasteiger partial charge in [-0.3, -0.25) is 4.79 Å². The Balaban J connectivity index is 1.47. The van der Waals surface area contributed by atoms with E-state index in [1.54, 1.807) is 37.5 Å². The first-order valence-electron chi connectivity index (χ1n) is 9.60. The molecular weight excluding hydrogens is 467 g/mol. The van der Waals surface area contributed by atoms with Gasteiger partial charge < -0.3 is 14.8 Å². The first kappa shape index (κ1) is 22.3. The highest BCUT2D eigenvalue weighted by molar-refractivity contribution is 8.18. The summed E-state index contributed by atoms with van der Waals surface area (Å²) in [5, 5.41) is 4.60. The number of hydrogen-bond acceptors (Lipinski definition) is 5. The van der Waals surface area contributed by atoms with Crippen molar-refractivity contribution in [3.05, 3.63) is 92.8 Å². The Hall–Kier alpha value is -2.93. The van der Waals surface area contributed by atoms with E-state index < -0.39 is 0 Å². The molecule has 1 heterocycles. The average molecular weight is 485 g/mol. The van der Waals surface area contributed by atoms with Gasteiger partial charge in [-0.15, -0.1) is 0 Å². The fourth-order valence-corrected chi connectivity index (χ4v) is 3.99. The molecule has 1 N–H and O–H groups in total. The molecule has 0 unspecified atom stereocenters. The van der Waals surface area contributed by atoms with E-state index in [0.717, 1.165) is 11.1 Å². The van der Waals surface area contributed by atoms with Crippen molar-refractivity contribution in [2.75, 3.05) is 7.11 Å². The van der Waals surface area contributed by atoms with E-state index in [0.29, 0.717) is 43.9 Å². The molecule has 0 aliphatic carbocycles. The lowest BCUT2D eigenvalue weighted by atomic mass is 10.2. The average Bonchev–Trinajstić information content (AvgIpc) is 3.13. The van der Waals surface area contributed by atoms with E-state index >= 15 is 0 Å². The molecule has 3 aromatic rings. The zero-order valence-corrected chi connectivity index (χ0v) is 19.3. The summed E-state index contributed by atoms with van der Waals surface area (Å²) in [6.45, 7) is 0.386. The number of amidine groups is 1. The third kappa shape index (κ3) is 5.65. The van der Waals surface area contributed by atoms with Gasteiger partial charge in [0.15, 0.2) is 16.7 Å². The second-order valence-electron chi connectivity index (χ2n) is 6.78. The summed E-state index contributed by atoms with van der Waals surface area (Å²) in [6, 6.07) is 20.1. The fourth-order valence-electron chi connectivity index (χ4n) is 2.90. The van der Waals surface area contributed by atoms with Gasteiger partial charge in [-0.1, -0.05) is 41.4 Å². The number of benzene rings is 3. The van der Waals surface area contributed by atoms with E-state index in [1.165, 1.54) is 11.8 Å². The van der Waals surface area contributed by atoms with E-state index in [4.69, 9.17) is 32.7 Å². The molecular formula is C24H18Cl2N2O3S. The molecule has 0 bridgehead atoms. The molecule has 32 heavy (non-hydrogen) atoms. The summed E-state index contributed by atoms with van der Waals surface area (Å²) >= 11 is 13.1. The molecule has 0 saturated carbocycles. The molecule has 1 fully saturated rings. The van der Waals surface area contributed by atoms with Crippen molar-refractivity contribution in [2.45, 2.75) is 6.61 Å². The van der Waals surface area contributed by atoms with Crippen LogP contribution < -0.4 is 14.8 Å². The largest absolute Gasteiger partial charge is 0.493 e. The number of carbonyl (C=O) groups is 1. The van der Waals surface area contributed by atoms with Crippen LogP contribution in [-0.4, -0.2) is 18.2 Å². The Morgan fingerprint density at radius 2 is 1.66 bits per heavy atom. The molecule has 0 spiro atoms. The maximum atomic E-state index is 12.4. The van der Waals surface area contributed by atoms with Crippen LogP contribution in [0, 0.1) is 0 Å². The standard InChI is InChI=1S/C24H18Cl2N2O3S/c1-30-21-12-16(4-11-20(21)31-14-15-2-5-17(25)6-3-15)13-22-23(29)28-24(32-22)27-19-9-7-18(26)8-10-19/h2-13H,14H2,1H3,(H,27,28,29)/b22-13-. The predicted molar refractivity (Wildman–Crippen MR) is 131 cm³/mol. The minimum atomic E-state index is -0.204. The fraction of sp³-hybridized carbons (Fsp3) is 0.0833. The van der Waals surface area contributed by atoms with Crippen molar-refractivity contribution in [1.29, 1.82) is 0 Å². The molecule has 1 amide bonds. The van der Waals surface area contributed by atoms with Gasteiger partial charge in [-0.2, -0.15) is 0 Å². The lowest BCUT2D eigenvalue weighted by Gasteiger charge is -2.11. The highest BCUT2D eigenvalue weighted by Crippen LogP contribution is 2.33. The quantitative estimate of drug-likeness (QED) is 0.407. The van der Waals surface area contributed by atoms with Gasteiger partial charge >= 0.3 is 0 Å². The normalized spacial score (nSPS) is 15.8. The number of thioether (sulfide) groups is 1. The lowest BCUT2D eigenvalue weighted by Crippen LogP contribution is -2.19. The first-order chi connectivity index (χ1) is 15.5. The zero-order chi connectivity index (χ0) is 22.5. The van der Waals surface area contributed by atoms with Crippen molar-refractivity contribution >= 4 is 57.8 Å². The number of aliphatic imine (C=N–C) groups is 1. The van der Waals surface area contributed by atoms with E-state index in [1.807, 2.05) is 42.5 Å². The zero-order valence-electron chi connectivity index (χ0n) is 17.0. The molecule has 4 rings (SSSR count). The minimum Gasteiger partial charge on any atom is -0.493 e. The van der Waals surface area contributed by atoms with Crippen molar-refractivity contribution in [2.24, 2.45) is 4.99 Å². The topological polar surface area (TPSA) is 59.9 Å². The highest BCUT2D eigenvalue weighted by Gasteiger charge is 2.24. The van der Waals surface area contributed by atoms with E-state index in [-0.39, 0.29) is 5.91 Å². The van der Waals surface area contributed by atoms with Gasteiger partial charge in [-0.05, 0) is 77.5 Å². The number of nitrogens with one attached hydrogen (secondary N) is 1. The Morgan fingerprint density at radius 3 is 2.34 bits per heavy atom. The van der Waals surface area contributed by atoms with E-state index in [2.05, 4.69) is 10.3 Å². The Bertz CT molecular complexity index is 1190. The molecule has 3 aromatic carbocycles. The van der Waals surface area contributed by atoms with Gasteiger partial charge in [0.25, 0.3) is 5.91 Å². The molecule has 0 aromatic heterocycles. The minimum absolute atomic E-state index is 0.204. The van der Waals surface area contributed by atoms with Crippen LogP contribution in [0.3, 0.4) is 0 Å². The van der Waals surface area contributed by atoms with E-state index in [9.17, 15) is 4.79 Å². The highest BCUT2D eigenvalue weighted by atomic mass is 35.5. The predicted octanol–water partition coefficient (Wildman–Crippen LogP) is 6.47. The molecule has 8 heteroatoms. The molecule has 1 saturated heterocycles. The van der Waals surface area contributed by atoms with Crippen LogP contribution in [0.5, 0.6) is 11.5 Å². The first-order valence-corrected chi connectivity index (χ1v) is 11.2. The van der Waals surface area contributed by atoms with Crippen LogP contribution in [0.25, 0.3) is 6.08 Å². The second-order valence-corrected chi connectivity index (χ2v) is 8.69. The second kappa shape index (κ2) is 10.1. The van der Waals surface area contributed by atoms with Gasteiger partial charge in [-0.25, -0.2) is 4.99 Å². The molecule has 5 nitrogen and oxygen atoms in total. The van der Waals surface area contributed by atoms with Gasteiger partial charge in [0.05, 0.1) is 17.7 Å². The Labute approximate surface area is 200 Å². The number of hydrogen-bond donors (Lipinski definition) is 1. The Kier molecular flexibility index (Phi) is 7.05. The summed E-state index contributed by atoms with van der Waals surface area (Å²) in [7, 11) is 1.58. The summed E-state index contributed by atoms with van der Waals surface area (Å²) in [4.78, 5) is 17.4. The number of amides is 1. The van der Waals surface area contributed by atoms with Gasteiger partial charge in [0, 0.05) is 10.0 Å². The maximum absolute atomic E-state index is 12.4. The monoisotopic (exact) mass is 484 g/mol. The molecule has 162 valence electrons. The van der Waals surface area contributed by atoms with Crippen LogP contribution in [0.15, 0.2) is 76.6 Å². The van der Waals surface area contributed by atoms with Gasteiger partial charge in [0.1, 0.15) is 6.61 Å². The number of nitrogens with zero attached hydrogens (tertiary/aromatic N) is 1. The van der Waals surface area contributed by atoms with Crippen molar-refractivity contribution in [3.63, 3.8) is 0 Å².